The molecule has 7 nitrogen and oxygen atoms in total. The van der Waals surface area contributed by atoms with Gasteiger partial charge in [0.2, 0.25) is 5.91 Å². The Morgan fingerprint density at radius 3 is 2.64 bits per heavy atom. The van der Waals surface area contributed by atoms with Gasteiger partial charge < -0.3 is 14.3 Å². The third kappa shape index (κ3) is 3.77. The molecule has 2 aromatic rings. The topological polar surface area (TPSA) is 69.9 Å². The third-order valence-corrected chi connectivity index (χ3v) is 5.45. The molecule has 1 unspecified atom stereocenters. The summed E-state index contributed by atoms with van der Waals surface area (Å²) < 4.78 is 18.1. The Morgan fingerprint density at radius 2 is 1.93 bits per heavy atom. The van der Waals surface area contributed by atoms with E-state index in [2.05, 4.69) is 10.1 Å². The van der Waals surface area contributed by atoms with Gasteiger partial charge in [-0.1, -0.05) is 17.3 Å². The van der Waals surface area contributed by atoms with Crippen LogP contribution in [0.2, 0.25) is 0 Å². The van der Waals surface area contributed by atoms with Gasteiger partial charge in [-0.2, -0.15) is 0 Å². The molecule has 8 heteroatoms. The van der Waals surface area contributed by atoms with Gasteiger partial charge in [-0.15, -0.1) is 0 Å². The van der Waals surface area contributed by atoms with Crippen LogP contribution in [-0.4, -0.2) is 70.4 Å². The largest absolute Gasteiger partial charge is 0.361 e. The number of aryl methyl sites for hydroxylation is 1. The second kappa shape index (κ2) is 7.71. The SMILES string of the molecule is Cc1cc(C(=O)N2CCC3C(=O)N(Cc4ccc(F)cc4)CCN3CC2)no1. The molecule has 0 saturated carbocycles. The molecule has 0 N–H and O–H groups in total. The van der Waals surface area contributed by atoms with Crippen LogP contribution < -0.4 is 0 Å². The molecule has 0 aliphatic carbocycles. The van der Waals surface area contributed by atoms with E-state index >= 15 is 0 Å². The fraction of sp³-hybridized carbons (Fsp3) is 0.450. The van der Waals surface area contributed by atoms with Crippen LogP contribution in [0.5, 0.6) is 0 Å². The standard InChI is InChI=1S/C20H23FN4O3/c1-14-12-17(22-28-14)19(26)24-7-6-18-20(27)25(11-9-23(18)8-10-24)13-15-2-4-16(21)5-3-15/h2-5,12,18H,6-11,13H2,1H3. The maximum atomic E-state index is 13.1. The predicted molar refractivity (Wildman–Crippen MR) is 98.9 cm³/mol. The first-order chi connectivity index (χ1) is 13.5. The van der Waals surface area contributed by atoms with E-state index in [4.69, 9.17) is 4.52 Å². The van der Waals surface area contributed by atoms with Crippen LogP contribution in [-0.2, 0) is 11.3 Å². The highest BCUT2D eigenvalue weighted by molar-refractivity contribution is 5.92. The van der Waals surface area contributed by atoms with Crippen molar-refractivity contribution in [3.8, 4) is 0 Å². The van der Waals surface area contributed by atoms with E-state index in [-0.39, 0.29) is 23.7 Å². The fourth-order valence-corrected chi connectivity index (χ4v) is 3.89. The minimum atomic E-state index is -0.282. The number of carbonyl (C=O) groups excluding carboxylic acids is 2. The first kappa shape index (κ1) is 18.6. The van der Waals surface area contributed by atoms with Crippen molar-refractivity contribution in [2.45, 2.75) is 25.9 Å². The average molecular weight is 386 g/mol. The Bertz CT molecular complexity index is 867. The summed E-state index contributed by atoms with van der Waals surface area (Å²) in [6, 6.07) is 7.65. The molecule has 2 fully saturated rings. The van der Waals surface area contributed by atoms with E-state index < -0.39 is 0 Å². The second-order valence-electron chi connectivity index (χ2n) is 7.34. The second-order valence-corrected chi connectivity index (χ2v) is 7.34. The normalized spacial score (nSPS) is 20.8. The number of fused-ring (bicyclic) bond motifs is 1. The lowest BCUT2D eigenvalue weighted by molar-refractivity contribution is -0.142. The zero-order chi connectivity index (χ0) is 19.7. The summed E-state index contributed by atoms with van der Waals surface area (Å²) in [5, 5.41) is 3.81. The molecular formula is C20H23FN4O3. The zero-order valence-corrected chi connectivity index (χ0v) is 15.8. The lowest BCUT2D eigenvalue weighted by Gasteiger charge is -2.39. The van der Waals surface area contributed by atoms with Crippen molar-refractivity contribution in [3.63, 3.8) is 0 Å². The van der Waals surface area contributed by atoms with Gasteiger partial charge in [0.05, 0.1) is 6.04 Å². The molecule has 148 valence electrons. The number of carbonyl (C=O) groups is 2. The van der Waals surface area contributed by atoms with Crippen molar-refractivity contribution >= 4 is 11.8 Å². The molecule has 28 heavy (non-hydrogen) atoms. The van der Waals surface area contributed by atoms with E-state index in [0.29, 0.717) is 50.6 Å². The van der Waals surface area contributed by atoms with E-state index in [1.807, 2.05) is 4.90 Å². The highest BCUT2D eigenvalue weighted by atomic mass is 19.1. The average Bonchev–Trinajstić information content (AvgIpc) is 3.00. The van der Waals surface area contributed by atoms with E-state index in [1.165, 1.54) is 12.1 Å². The predicted octanol–water partition coefficient (Wildman–Crippen LogP) is 1.68. The molecule has 1 atom stereocenters. The molecule has 0 spiro atoms. The van der Waals surface area contributed by atoms with Crippen LogP contribution in [0.4, 0.5) is 4.39 Å². The molecule has 0 radical (unpaired) electrons. The summed E-state index contributed by atoms with van der Waals surface area (Å²) in [6.07, 6.45) is 0.585. The lowest BCUT2D eigenvalue weighted by Crippen LogP contribution is -2.56. The Labute approximate surface area is 162 Å². The number of hydrogen-bond acceptors (Lipinski definition) is 5. The summed E-state index contributed by atoms with van der Waals surface area (Å²) in [7, 11) is 0. The summed E-state index contributed by atoms with van der Waals surface area (Å²) in [5.41, 5.74) is 1.22. The summed E-state index contributed by atoms with van der Waals surface area (Å²) in [4.78, 5) is 31.4. The smallest absolute Gasteiger partial charge is 0.276 e. The van der Waals surface area contributed by atoms with Gasteiger partial charge in [0.1, 0.15) is 11.6 Å². The van der Waals surface area contributed by atoms with Gasteiger partial charge in [-0.25, -0.2) is 4.39 Å². The minimum absolute atomic E-state index is 0.0714. The Morgan fingerprint density at radius 1 is 1.18 bits per heavy atom. The molecular weight excluding hydrogens is 363 g/mol. The molecule has 2 aliphatic rings. The maximum Gasteiger partial charge on any atom is 0.276 e. The number of nitrogens with zero attached hydrogens (tertiary/aromatic N) is 4. The van der Waals surface area contributed by atoms with Crippen LogP contribution in [0, 0.1) is 12.7 Å². The van der Waals surface area contributed by atoms with Gasteiger partial charge in [-0.05, 0) is 31.0 Å². The lowest BCUT2D eigenvalue weighted by atomic mass is 10.1. The number of aromatic nitrogens is 1. The molecule has 3 heterocycles. The van der Waals surface area contributed by atoms with Gasteiger partial charge >= 0.3 is 0 Å². The maximum absolute atomic E-state index is 13.1. The number of halogens is 1. The molecule has 2 saturated heterocycles. The number of rotatable bonds is 3. The third-order valence-electron chi connectivity index (χ3n) is 5.45. The van der Waals surface area contributed by atoms with Crippen LogP contribution >= 0.6 is 0 Å². The Balaban J connectivity index is 1.41. The molecule has 1 aromatic heterocycles. The van der Waals surface area contributed by atoms with Crippen LogP contribution in [0.1, 0.15) is 28.2 Å². The van der Waals surface area contributed by atoms with Crippen LogP contribution in [0.3, 0.4) is 0 Å². The van der Waals surface area contributed by atoms with Crippen LogP contribution in [0.15, 0.2) is 34.9 Å². The number of amides is 2. The molecule has 2 aliphatic heterocycles. The number of benzene rings is 1. The fourth-order valence-electron chi connectivity index (χ4n) is 3.89. The van der Waals surface area contributed by atoms with Gasteiger partial charge in [0.15, 0.2) is 5.69 Å². The van der Waals surface area contributed by atoms with Crippen molar-refractivity contribution < 1.29 is 18.5 Å². The monoisotopic (exact) mass is 386 g/mol. The summed E-state index contributed by atoms with van der Waals surface area (Å²) in [6.45, 7) is 5.34. The quantitative estimate of drug-likeness (QED) is 0.803. The van der Waals surface area contributed by atoms with Gasteiger partial charge in [0.25, 0.3) is 5.91 Å². The minimum Gasteiger partial charge on any atom is -0.361 e. The van der Waals surface area contributed by atoms with Crippen molar-refractivity contribution in [2.75, 3.05) is 32.7 Å². The Hall–Kier alpha value is -2.74. The van der Waals surface area contributed by atoms with E-state index in [9.17, 15) is 14.0 Å². The summed E-state index contributed by atoms with van der Waals surface area (Å²) in [5.74, 6) is 0.229. The van der Waals surface area contributed by atoms with E-state index in [1.54, 1.807) is 30.0 Å². The number of piperazine rings is 1. The highest BCUT2D eigenvalue weighted by Gasteiger charge is 2.37. The molecule has 2 amide bonds. The Kier molecular flexibility index (Phi) is 5.13. The molecule has 0 bridgehead atoms. The highest BCUT2D eigenvalue weighted by Crippen LogP contribution is 2.21. The van der Waals surface area contributed by atoms with Crippen LogP contribution in [0.25, 0.3) is 0 Å². The van der Waals surface area contributed by atoms with Crippen molar-refractivity contribution in [1.29, 1.82) is 0 Å². The van der Waals surface area contributed by atoms with Crippen molar-refractivity contribution in [1.82, 2.24) is 19.9 Å². The number of hydrogen-bond donors (Lipinski definition) is 0. The van der Waals surface area contributed by atoms with E-state index in [0.717, 1.165) is 12.1 Å². The van der Waals surface area contributed by atoms with Crippen molar-refractivity contribution in [2.24, 2.45) is 0 Å². The van der Waals surface area contributed by atoms with Gasteiger partial charge in [0, 0.05) is 45.3 Å². The first-order valence-electron chi connectivity index (χ1n) is 9.51. The first-order valence-corrected chi connectivity index (χ1v) is 9.51. The molecule has 1 aromatic carbocycles. The van der Waals surface area contributed by atoms with Gasteiger partial charge in [-0.3, -0.25) is 14.5 Å². The molecule has 4 rings (SSSR count). The zero-order valence-electron chi connectivity index (χ0n) is 15.8. The summed E-state index contributed by atoms with van der Waals surface area (Å²) >= 11 is 0. The van der Waals surface area contributed by atoms with Crippen molar-refractivity contribution in [3.05, 3.63) is 53.2 Å².